The Bertz CT molecular complexity index is 1210. The van der Waals surface area contributed by atoms with Crippen molar-refractivity contribution in [3.05, 3.63) is 52.6 Å². The largest absolute Gasteiger partial charge is 0.497 e. The highest BCUT2D eigenvalue weighted by Crippen LogP contribution is 2.30. The van der Waals surface area contributed by atoms with Crippen LogP contribution in [0.2, 0.25) is 0 Å². The summed E-state index contributed by atoms with van der Waals surface area (Å²) in [7, 11) is 0.674. The Balaban J connectivity index is 1.99. The van der Waals surface area contributed by atoms with E-state index in [9.17, 15) is 13.2 Å². The van der Waals surface area contributed by atoms with E-state index in [1.165, 1.54) is 43.8 Å². The molecule has 0 fully saturated rings. The van der Waals surface area contributed by atoms with Gasteiger partial charge in [-0.15, -0.1) is 0 Å². The van der Waals surface area contributed by atoms with Gasteiger partial charge in [0, 0.05) is 12.6 Å². The fourth-order valence-corrected chi connectivity index (χ4v) is 4.43. The zero-order chi connectivity index (χ0) is 21.9. The molecule has 0 aliphatic heterocycles. The molecule has 0 amide bonds. The molecule has 0 aliphatic carbocycles. The molecule has 3 rings (SSSR count). The molecule has 1 N–H and O–H groups in total. The minimum absolute atomic E-state index is 0.0929. The van der Waals surface area contributed by atoms with Crippen molar-refractivity contribution in [2.75, 3.05) is 27.9 Å². The molecule has 0 bridgehead atoms. The molecule has 0 spiro atoms. The van der Waals surface area contributed by atoms with Crippen LogP contribution in [0.25, 0.3) is 10.9 Å². The van der Waals surface area contributed by atoms with Crippen LogP contribution in [-0.4, -0.2) is 50.6 Å². The maximum Gasteiger partial charge on any atom is 0.258 e. The van der Waals surface area contributed by atoms with Gasteiger partial charge >= 0.3 is 0 Å². The molecule has 2 aromatic carbocycles. The van der Waals surface area contributed by atoms with Gasteiger partial charge in [0.2, 0.25) is 10.0 Å². The number of hydrogen-bond acceptors (Lipinski definition) is 7. The lowest BCUT2D eigenvalue weighted by molar-refractivity contribution is 0.355. The number of nitrogens with zero attached hydrogens (tertiary/aromatic N) is 2. The van der Waals surface area contributed by atoms with E-state index >= 15 is 0 Å². The topological polar surface area (TPSA) is 111 Å². The number of aromatic amines is 1. The molecule has 0 saturated carbocycles. The van der Waals surface area contributed by atoms with Gasteiger partial charge in [0.25, 0.3) is 5.56 Å². The Hall–Kier alpha value is -3.11. The molecule has 0 atom stereocenters. The van der Waals surface area contributed by atoms with Gasteiger partial charge in [-0.2, -0.15) is 4.31 Å². The lowest BCUT2D eigenvalue weighted by Gasteiger charge is -2.20. The molecule has 3 aromatic rings. The third kappa shape index (κ3) is 4.10. The Kier molecular flexibility index (Phi) is 6.28. The number of nitrogens with one attached hydrogen (secondary N) is 1. The number of methoxy groups -OCH3 is 3. The van der Waals surface area contributed by atoms with Crippen LogP contribution in [0, 0.1) is 0 Å². The molecule has 30 heavy (non-hydrogen) atoms. The first-order chi connectivity index (χ1) is 14.3. The monoisotopic (exact) mass is 433 g/mol. The van der Waals surface area contributed by atoms with E-state index in [-0.39, 0.29) is 23.8 Å². The van der Waals surface area contributed by atoms with Gasteiger partial charge in [-0.1, -0.05) is 6.92 Å². The van der Waals surface area contributed by atoms with Gasteiger partial charge in [0.05, 0.1) is 43.7 Å². The lowest BCUT2D eigenvalue weighted by Crippen LogP contribution is -2.32. The number of rotatable bonds is 8. The van der Waals surface area contributed by atoms with E-state index in [1.54, 1.807) is 25.1 Å². The van der Waals surface area contributed by atoms with Crippen molar-refractivity contribution in [2.24, 2.45) is 0 Å². The van der Waals surface area contributed by atoms with E-state index in [0.29, 0.717) is 28.2 Å². The average Bonchev–Trinajstić information content (AvgIpc) is 2.76. The number of aromatic nitrogens is 2. The van der Waals surface area contributed by atoms with E-state index in [2.05, 4.69) is 9.97 Å². The summed E-state index contributed by atoms with van der Waals surface area (Å²) in [5.74, 6) is 1.61. The summed E-state index contributed by atoms with van der Waals surface area (Å²) in [6.07, 6.45) is 0. The second-order valence-electron chi connectivity index (χ2n) is 6.34. The smallest absolute Gasteiger partial charge is 0.258 e. The summed E-state index contributed by atoms with van der Waals surface area (Å²) in [4.78, 5) is 19.8. The molecule has 0 radical (unpaired) electrons. The maximum absolute atomic E-state index is 13.0. The van der Waals surface area contributed by atoms with Crippen LogP contribution >= 0.6 is 0 Å². The van der Waals surface area contributed by atoms with E-state index < -0.39 is 15.6 Å². The number of hydrogen-bond donors (Lipinski definition) is 1. The average molecular weight is 433 g/mol. The predicted octanol–water partition coefficient (Wildman–Crippen LogP) is 2.16. The fraction of sp³-hybridized carbons (Fsp3) is 0.300. The normalized spacial score (nSPS) is 11.6. The summed E-state index contributed by atoms with van der Waals surface area (Å²) < 4.78 is 42.9. The quantitative estimate of drug-likeness (QED) is 0.579. The SMILES string of the molecule is CCN(Cc1nc2cc(OC)c(OC)cc2c(=O)[nH]1)S(=O)(=O)c1ccc(OC)cc1. The summed E-state index contributed by atoms with van der Waals surface area (Å²) in [5, 5.41) is 0.317. The van der Waals surface area contributed by atoms with Gasteiger partial charge in [-0.3, -0.25) is 4.79 Å². The first-order valence-electron chi connectivity index (χ1n) is 9.13. The van der Waals surface area contributed by atoms with Crippen molar-refractivity contribution in [1.29, 1.82) is 0 Å². The van der Waals surface area contributed by atoms with Crippen molar-refractivity contribution in [3.8, 4) is 17.2 Å². The van der Waals surface area contributed by atoms with Crippen LogP contribution in [0.4, 0.5) is 0 Å². The van der Waals surface area contributed by atoms with Crippen LogP contribution in [0.1, 0.15) is 12.7 Å². The minimum atomic E-state index is -3.79. The van der Waals surface area contributed by atoms with Crippen molar-refractivity contribution in [3.63, 3.8) is 0 Å². The van der Waals surface area contributed by atoms with Crippen LogP contribution in [-0.2, 0) is 16.6 Å². The number of sulfonamides is 1. The molecule has 0 saturated heterocycles. The number of fused-ring (bicyclic) bond motifs is 1. The van der Waals surface area contributed by atoms with E-state index in [4.69, 9.17) is 14.2 Å². The highest BCUT2D eigenvalue weighted by molar-refractivity contribution is 7.89. The van der Waals surface area contributed by atoms with Gasteiger partial charge in [0.15, 0.2) is 11.5 Å². The third-order valence-electron chi connectivity index (χ3n) is 4.64. The second-order valence-corrected chi connectivity index (χ2v) is 8.28. The molecular weight excluding hydrogens is 410 g/mol. The summed E-state index contributed by atoms with van der Waals surface area (Å²) >= 11 is 0. The molecule has 10 heteroatoms. The van der Waals surface area contributed by atoms with Crippen molar-refractivity contribution in [1.82, 2.24) is 14.3 Å². The van der Waals surface area contributed by atoms with Gasteiger partial charge in [-0.25, -0.2) is 13.4 Å². The molecule has 9 nitrogen and oxygen atoms in total. The van der Waals surface area contributed by atoms with Gasteiger partial charge in [0.1, 0.15) is 11.6 Å². The Morgan fingerprint density at radius 2 is 1.63 bits per heavy atom. The lowest BCUT2D eigenvalue weighted by atomic mass is 10.2. The molecule has 1 heterocycles. The molecule has 0 unspecified atom stereocenters. The summed E-state index contributed by atoms with van der Waals surface area (Å²) in [5.41, 5.74) is -0.0156. The van der Waals surface area contributed by atoms with Crippen molar-refractivity contribution < 1.29 is 22.6 Å². The van der Waals surface area contributed by atoms with Crippen LogP contribution < -0.4 is 19.8 Å². The number of benzene rings is 2. The van der Waals surface area contributed by atoms with Crippen LogP contribution in [0.15, 0.2) is 46.1 Å². The first-order valence-corrected chi connectivity index (χ1v) is 10.6. The first kappa shape index (κ1) is 21.6. The zero-order valence-electron chi connectivity index (χ0n) is 17.1. The fourth-order valence-electron chi connectivity index (χ4n) is 3.02. The summed E-state index contributed by atoms with van der Waals surface area (Å²) in [6, 6.07) is 9.23. The van der Waals surface area contributed by atoms with Crippen molar-refractivity contribution >= 4 is 20.9 Å². The Morgan fingerprint density at radius 3 is 2.20 bits per heavy atom. The highest BCUT2D eigenvalue weighted by Gasteiger charge is 2.24. The highest BCUT2D eigenvalue weighted by atomic mass is 32.2. The molecule has 1 aromatic heterocycles. The second kappa shape index (κ2) is 8.72. The Morgan fingerprint density at radius 1 is 1.00 bits per heavy atom. The van der Waals surface area contributed by atoms with Crippen LogP contribution in [0.3, 0.4) is 0 Å². The van der Waals surface area contributed by atoms with Crippen LogP contribution in [0.5, 0.6) is 17.2 Å². The summed E-state index contributed by atoms with van der Waals surface area (Å²) in [6.45, 7) is 1.82. The van der Waals surface area contributed by atoms with E-state index in [1.807, 2.05) is 0 Å². The third-order valence-corrected chi connectivity index (χ3v) is 6.57. The maximum atomic E-state index is 13.0. The number of ether oxygens (including phenoxy) is 3. The zero-order valence-corrected chi connectivity index (χ0v) is 17.9. The minimum Gasteiger partial charge on any atom is -0.497 e. The molecule has 160 valence electrons. The number of H-pyrrole nitrogens is 1. The predicted molar refractivity (Wildman–Crippen MR) is 112 cm³/mol. The van der Waals surface area contributed by atoms with Gasteiger partial charge in [-0.05, 0) is 30.3 Å². The van der Waals surface area contributed by atoms with Crippen molar-refractivity contribution in [2.45, 2.75) is 18.4 Å². The van der Waals surface area contributed by atoms with E-state index in [0.717, 1.165) is 0 Å². The van der Waals surface area contributed by atoms with Gasteiger partial charge < -0.3 is 19.2 Å². The Labute approximate surface area is 174 Å². The standard InChI is InChI=1S/C20H23N3O6S/c1-5-23(30(25,26)14-8-6-13(27-2)7-9-14)12-19-21-16-11-18(29-4)17(28-3)10-15(16)20(24)22-19/h6-11H,5,12H2,1-4H3,(H,21,22,24). The molecule has 0 aliphatic rings. The molecular formula is C20H23N3O6S.